The lowest BCUT2D eigenvalue weighted by Gasteiger charge is -2.34. The van der Waals surface area contributed by atoms with Crippen LogP contribution < -0.4 is 5.32 Å². The smallest absolute Gasteiger partial charge is 0.410 e. The van der Waals surface area contributed by atoms with E-state index >= 15 is 0 Å². The van der Waals surface area contributed by atoms with Gasteiger partial charge in [0.15, 0.2) is 0 Å². The van der Waals surface area contributed by atoms with Gasteiger partial charge in [0, 0.05) is 13.1 Å². The van der Waals surface area contributed by atoms with Gasteiger partial charge in [0.25, 0.3) is 0 Å². The van der Waals surface area contributed by atoms with Gasteiger partial charge in [-0.05, 0) is 77.8 Å². The van der Waals surface area contributed by atoms with Crippen molar-refractivity contribution in [3.8, 4) is 0 Å². The molecule has 1 atom stereocenters. The number of hydrogen-bond donors (Lipinski definition) is 1. The fourth-order valence-electron chi connectivity index (χ4n) is 3.62. The van der Waals surface area contributed by atoms with Crippen molar-refractivity contribution >= 4 is 6.09 Å². The second-order valence-corrected chi connectivity index (χ2v) is 8.08. The molecule has 0 spiro atoms. The zero-order valence-corrected chi connectivity index (χ0v) is 14.7. The molecule has 4 heteroatoms. The Hall–Kier alpha value is -0.770. The van der Waals surface area contributed by atoms with Crippen LogP contribution in [-0.2, 0) is 4.74 Å². The number of nitrogens with one attached hydrogen (secondary N) is 1. The van der Waals surface area contributed by atoms with Gasteiger partial charge in [-0.1, -0.05) is 12.8 Å². The van der Waals surface area contributed by atoms with E-state index in [4.69, 9.17) is 4.74 Å². The Bertz CT molecular complexity index is 345. The molecule has 22 heavy (non-hydrogen) atoms. The first-order chi connectivity index (χ1) is 10.4. The molecule has 1 saturated heterocycles. The highest BCUT2D eigenvalue weighted by Gasteiger charge is 2.27. The van der Waals surface area contributed by atoms with E-state index in [9.17, 15) is 4.79 Å². The molecule has 0 bridgehead atoms. The van der Waals surface area contributed by atoms with Crippen LogP contribution in [0.1, 0.15) is 65.7 Å². The summed E-state index contributed by atoms with van der Waals surface area (Å²) < 4.78 is 5.49. The van der Waals surface area contributed by atoms with Gasteiger partial charge in [-0.2, -0.15) is 0 Å². The van der Waals surface area contributed by atoms with Gasteiger partial charge < -0.3 is 15.0 Å². The highest BCUT2D eigenvalue weighted by molar-refractivity contribution is 5.68. The maximum atomic E-state index is 12.2. The minimum Gasteiger partial charge on any atom is -0.444 e. The number of piperidine rings is 1. The van der Waals surface area contributed by atoms with E-state index in [1.54, 1.807) is 0 Å². The van der Waals surface area contributed by atoms with Gasteiger partial charge in [-0.15, -0.1) is 0 Å². The first-order valence-electron chi connectivity index (χ1n) is 9.13. The molecule has 1 heterocycles. The van der Waals surface area contributed by atoms with Gasteiger partial charge in [-0.3, -0.25) is 0 Å². The van der Waals surface area contributed by atoms with Gasteiger partial charge in [0.2, 0.25) is 0 Å². The van der Waals surface area contributed by atoms with E-state index in [1.165, 1.54) is 45.1 Å². The summed E-state index contributed by atoms with van der Waals surface area (Å²) >= 11 is 0. The van der Waals surface area contributed by atoms with Crippen LogP contribution in [0, 0.1) is 11.8 Å². The van der Waals surface area contributed by atoms with Crippen LogP contribution in [0.2, 0.25) is 0 Å². The fourth-order valence-corrected chi connectivity index (χ4v) is 3.62. The summed E-state index contributed by atoms with van der Waals surface area (Å²) in [6.07, 6.45) is 9.02. The van der Waals surface area contributed by atoms with E-state index in [0.717, 1.165) is 32.0 Å². The number of carbonyl (C=O) groups excluding carboxylic acids is 1. The zero-order chi connectivity index (χ0) is 16.0. The molecule has 1 amide bonds. The maximum Gasteiger partial charge on any atom is 0.410 e. The van der Waals surface area contributed by atoms with Crippen LogP contribution in [0.15, 0.2) is 0 Å². The van der Waals surface area contributed by atoms with Crippen LogP contribution in [0.5, 0.6) is 0 Å². The largest absolute Gasteiger partial charge is 0.444 e. The Morgan fingerprint density at radius 1 is 1.14 bits per heavy atom. The third-order valence-electron chi connectivity index (χ3n) is 4.81. The topological polar surface area (TPSA) is 41.6 Å². The minimum absolute atomic E-state index is 0.142. The second-order valence-electron chi connectivity index (χ2n) is 8.08. The molecule has 1 unspecified atom stereocenters. The molecule has 0 aromatic carbocycles. The lowest BCUT2D eigenvalue weighted by Crippen LogP contribution is -2.43. The number of ether oxygens (including phenoxy) is 1. The van der Waals surface area contributed by atoms with Crippen molar-refractivity contribution in [3.63, 3.8) is 0 Å². The van der Waals surface area contributed by atoms with Crippen LogP contribution in [0.25, 0.3) is 0 Å². The molecule has 1 aliphatic heterocycles. The van der Waals surface area contributed by atoms with E-state index < -0.39 is 5.60 Å². The number of likely N-dealkylation sites (tertiary alicyclic amines) is 1. The number of rotatable bonds is 5. The molecular formula is C18H34N2O2. The van der Waals surface area contributed by atoms with E-state index in [1.807, 2.05) is 25.7 Å². The second kappa shape index (κ2) is 8.19. The lowest BCUT2D eigenvalue weighted by atomic mass is 9.95. The molecule has 2 fully saturated rings. The fraction of sp³-hybridized carbons (Fsp3) is 0.944. The standard InChI is InChI=1S/C18H34N2O2/c1-18(2,3)22-17(21)20-12-6-9-16(14-20)10-11-19-13-15-7-4-5-8-15/h15-16,19H,4-14H2,1-3H3. The Balaban J connectivity index is 1.63. The Labute approximate surface area is 136 Å². The predicted molar refractivity (Wildman–Crippen MR) is 90.0 cm³/mol. The van der Waals surface area contributed by atoms with E-state index in [0.29, 0.717) is 5.92 Å². The maximum absolute atomic E-state index is 12.2. The summed E-state index contributed by atoms with van der Waals surface area (Å²) in [5.41, 5.74) is -0.396. The lowest BCUT2D eigenvalue weighted by molar-refractivity contribution is 0.0162. The molecular weight excluding hydrogens is 276 g/mol. The summed E-state index contributed by atoms with van der Waals surface area (Å²) in [5, 5.41) is 3.62. The first kappa shape index (κ1) is 17.6. The summed E-state index contributed by atoms with van der Waals surface area (Å²) in [6, 6.07) is 0. The summed E-state index contributed by atoms with van der Waals surface area (Å²) in [6.45, 7) is 9.77. The van der Waals surface area contributed by atoms with Gasteiger partial charge in [-0.25, -0.2) is 4.79 Å². The summed E-state index contributed by atoms with van der Waals surface area (Å²) in [4.78, 5) is 14.1. The average Bonchev–Trinajstić information content (AvgIpc) is 2.95. The van der Waals surface area contributed by atoms with Gasteiger partial charge >= 0.3 is 6.09 Å². The van der Waals surface area contributed by atoms with E-state index in [-0.39, 0.29) is 6.09 Å². The number of hydrogen-bond acceptors (Lipinski definition) is 3. The van der Waals surface area contributed by atoms with Crippen molar-refractivity contribution in [1.29, 1.82) is 0 Å². The average molecular weight is 310 g/mol. The van der Waals surface area contributed by atoms with Gasteiger partial charge in [0.1, 0.15) is 5.60 Å². The highest BCUT2D eigenvalue weighted by atomic mass is 16.6. The monoisotopic (exact) mass is 310 g/mol. The van der Waals surface area contributed by atoms with E-state index in [2.05, 4.69) is 5.32 Å². The van der Waals surface area contributed by atoms with Crippen molar-refractivity contribution in [3.05, 3.63) is 0 Å². The van der Waals surface area contributed by atoms with Crippen LogP contribution in [0.4, 0.5) is 4.79 Å². The molecule has 2 aliphatic rings. The van der Waals surface area contributed by atoms with Crippen molar-refractivity contribution in [2.24, 2.45) is 11.8 Å². The van der Waals surface area contributed by atoms with Crippen LogP contribution in [0.3, 0.4) is 0 Å². The molecule has 128 valence electrons. The van der Waals surface area contributed by atoms with Crippen molar-refractivity contribution in [2.75, 3.05) is 26.2 Å². The number of nitrogens with zero attached hydrogens (tertiary/aromatic N) is 1. The number of amides is 1. The SMILES string of the molecule is CC(C)(C)OC(=O)N1CCCC(CCNCC2CCCC2)C1. The van der Waals surface area contributed by atoms with Crippen LogP contribution >= 0.6 is 0 Å². The van der Waals surface area contributed by atoms with Crippen molar-refractivity contribution in [1.82, 2.24) is 10.2 Å². The molecule has 4 nitrogen and oxygen atoms in total. The summed E-state index contributed by atoms with van der Waals surface area (Å²) in [7, 11) is 0. The molecule has 0 aromatic rings. The molecule has 1 aliphatic carbocycles. The third-order valence-corrected chi connectivity index (χ3v) is 4.81. The highest BCUT2D eigenvalue weighted by Crippen LogP contribution is 2.24. The first-order valence-corrected chi connectivity index (χ1v) is 9.13. The summed E-state index contributed by atoms with van der Waals surface area (Å²) in [5.74, 6) is 1.53. The molecule has 1 saturated carbocycles. The van der Waals surface area contributed by atoms with Gasteiger partial charge in [0.05, 0.1) is 0 Å². The predicted octanol–water partition coefficient (Wildman–Crippen LogP) is 3.80. The van der Waals surface area contributed by atoms with Crippen LogP contribution in [-0.4, -0.2) is 42.8 Å². The number of carbonyl (C=O) groups is 1. The molecule has 1 N–H and O–H groups in total. The molecule has 0 radical (unpaired) electrons. The third kappa shape index (κ3) is 6.15. The zero-order valence-electron chi connectivity index (χ0n) is 14.7. The Morgan fingerprint density at radius 3 is 2.50 bits per heavy atom. The van der Waals surface area contributed by atoms with Crippen molar-refractivity contribution in [2.45, 2.75) is 71.3 Å². The van der Waals surface area contributed by atoms with Crippen molar-refractivity contribution < 1.29 is 9.53 Å². The molecule has 0 aromatic heterocycles. The molecule has 2 rings (SSSR count). The normalized spacial score (nSPS) is 23.8. The Kier molecular flexibility index (Phi) is 6.54. The minimum atomic E-state index is -0.396. The Morgan fingerprint density at radius 2 is 1.82 bits per heavy atom. The quantitative estimate of drug-likeness (QED) is 0.785.